The maximum absolute atomic E-state index is 14.6. The van der Waals surface area contributed by atoms with Crippen molar-refractivity contribution in [2.24, 2.45) is 0 Å². The molecule has 2 amide bonds. The van der Waals surface area contributed by atoms with Crippen molar-refractivity contribution in [3.05, 3.63) is 95.8 Å². The Kier molecular flexibility index (Phi) is 10.1. The number of nitrogens with zero attached hydrogens (tertiary/aromatic N) is 2. The van der Waals surface area contributed by atoms with Crippen molar-refractivity contribution in [1.29, 1.82) is 0 Å². The van der Waals surface area contributed by atoms with Gasteiger partial charge in [0.1, 0.15) is 18.4 Å². The Bertz CT molecular complexity index is 1470. The van der Waals surface area contributed by atoms with Crippen LogP contribution in [-0.2, 0) is 32.3 Å². The Morgan fingerprint density at radius 1 is 0.927 bits per heavy atom. The zero-order chi connectivity index (χ0) is 30.4. The second-order valence-electron chi connectivity index (χ2n) is 9.48. The van der Waals surface area contributed by atoms with Gasteiger partial charge in [0.15, 0.2) is 0 Å². The molecule has 3 aromatic carbocycles. The molecular formula is C29H31F4N3O4S. The van der Waals surface area contributed by atoms with Crippen LogP contribution >= 0.6 is 0 Å². The second kappa shape index (κ2) is 13.2. The van der Waals surface area contributed by atoms with Crippen molar-refractivity contribution in [3.63, 3.8) is 0 Å². The highest BCUT2D eigenvalue weighted by Crippen LogP contribution is 2.33. The van der Waals surface area contributed by atoms with E-state index in [1.54, 1.807) is 19.1 Å². The minimum absolute atomic E-state index is 0.0700. The van der Waals surface area contributed by atoms with Gasteiger partial charge in [0.05, 0.1) is 16.1 Å². The third-order valence-electron chi connectivity index (χ3n) is 6.54. The summed E-state index contributed by atoms with van der Waals surface area (Å²) in [7, 11) is -4.55. The number of hydrogen-bond donors (Lipinski definition) is 1. The highest BCUT2D eigenvalue weighted by molar-refractivity contribution is 7.92. The zero-order valence-corrected chi connectivity index (χ0v) is 23.5. The number of carbonyl (C=O) groups is 2. The quantitative estimate of drug-likeness (QED) is 0.303. The summed E-state index contributed by atoms with van der Waals surface area (Å²) in [6.45, 7) is 3.68. The molecule has 2 unspecified atom stereocenters. The van der Waals surface area contributed by atoms with Crippen LogP contribution in [0, 0.1) is 5.82 Å². The van der Waals surface area contributed by atoms with E-state index in [4.69, 9.17) is 0 Å². The first-order valence-electron chi connectivity index (χ1n) is 12.8. The van der Waals surface area contributed by atoms with E-state index in [0.717, 1.165) is 23.1 Å². The minimum atomic E-state index is -4.78. The molecule has 220 valence electrons. The van der Waals surface area contributed by atoms with Gasteiger partial charge < -0.3 is 10.2 Å². The van der Waals surface area contributed by atoms with Gasteiger partial charge in [-0.05, 0) is 56.7 Å². The number of nitrogens with one attached hydrogen (secondary N) is 1. The molecule has 2 atom stereocenters. The average Bonchev–Trinajstić information content (AvgIpc) is 2.94. The van der Waals surface area contributed by atoms with Crippen LogP contribution in [0.15, 0.2) is 83.8 Å². The molecule has 0 radical (unpaired) electrons. The number of carbonyl (C=O) groups excluding carboxylic acids is 2. The number of benzene rings is 3. The molecule has 0 bridgehead atoms. The van der Waals surface area contributed by atoms with Crippen molar-refractivity contribution in [1.82, 2.24) is 10.2 Å². The first-order chi connectivity index (χ1) is 19.3. The van der Waals surface area contributed by atoms with Crippen LogP contribution in [0.25, 0.3) is 0 Å². The van der Waals surface area contributed by atoms with Gasteiger partial charge in [0.2, 0.25) is 11.8 Å². The lowest BCUT2D eigenvalue weighted by atomic mass is 10.1. The van der Waals surface area contributed by atoms with Gasteiger partial charge in [-0.2, -0.15) is 13.2 Å². The summed E-state index contributed by atoms with van der Waals surface area (Å²) in [4.78, 5) is 27.6. The molecule has 0 aliphatic carbocycles. The van der Waals surface area contributed by atoms with E-state index in [2.05, 4.69) is 5.32 Å². The molecule has 0 saturated carbocycles. The summed E-state index contributed by atoms with van der Waals surface area (Å²) in [5.41, 5.74) is -1.44. The summed E-state index contributed by atoms with van der Waals surface area (Å²) in [5, 5.41) is 2.75. The molecule has 1 N–H and O–H groups in total. The average molecular weight is 594 g/mol. The Labute approximate surface area is 236 Å². The maximum Gasteiger partial charge on any atom is 0.416 e. The summed E-state index contributed by atoms with van der Waals surface area (Å²) in [6.07, 6.45) is -4.18. The molecule has 7 nitrogen and oxygen atoms in total. The maximum atomic E-state index is 14.6. The van der Waals surface area contributed by atoms with Crippen LogP contribution in [0.3, 0.4) is 0 Å². The predicted molar refractivity (Wildman–Crippen MR) is 147 cm³/mol. The van der Waals surface area contributed by atoms with Gasteiger partial charge in [-0.1, -0.05) is 49.4 Å². The number of anilines is 1. The Hall–Kier alpha value is -3.93. The number of hydrogen-bond acceptors (Lipinski definition) is 4. The molecule has 12 heteroatoms. The molecule has 41 heavy (non-hydrogen) atoms. The molecule has 0 spiro atoms. The standard InChI is InChI=1S/C29H31F4N3O4S/c1-4-20(2)34-28(38)21(3)35(18-22-11-8-9-16-26(22)30)27(37)19-36(41(39,40)25-14-6-5-7-15-25)24-13-10-12-23(17-24)29(31,32)33/h5-17,20-21H,4,18-19H2,1-3H3,(H,34,38). The number of halogens is 4. The smallest absolute Gasteiger partial charge is 0.352 e. The molecule has 0 aliphatic rings. The Morgan fingerprint density at radius 3 is 2.17 bits per heavy atom. The number of rotatable bonds is 11. The van der Waals surface area contributed by atoms with Crippen LogP contribution < -0.4 is 9.62 Å². The first-order valence-corrected chi connectivity index (χ1v) is 14.3. The fraction of sp³-hybridized carbons (Fsp3) is 0.310. The molecule has 0 aliphatic heterocycles. The highest BCUT2D eigenvalue weighted by Gasteiger charge is 2.35. The summed E-state index contributed by atoms with van der Waals surface area (Å²) in [6, 6.07) is 14.7. The van der Waals surface area contributed by atoms with E-state index in [1.807, 2.05) is 6.92 Å². The first kappa shape index (κ1) is 31.6. The minimum Gasteiger partial charge on any atom is -0.352 e. The van der Waals surface area contributed by atoms with Gasteiger partial charge >= 0.3 is 6.18 Å². The van der Waals surface area contributed by atoms with Gasteiger partial charge in [-0.3, -0.25) is 13.9 Å². The van der Waals surface area contributed by atoms with E-state index >= 15 is 0 Å². The number of alkyl halides is 3. The second-order valence-corrected chi connectivity index (χ2v) is 11.3. The molecule has 0 aromatic heterocycles. The van der Waals surface area contributed by atoms with Gasteiger partial charge in [0.25, 0.3) is 10.0 Å². The van der Waals surface area contributed by atoms with E-state index < -0.39 is 57.7 Å². The van der Waals surface area contributed by atoms with Crippen LogP contribution in [0.2, 0.25) is 0 Å². The third-order valence-corrected chi connectivity index (χ3v) is 8.33. The fourth-order valence-electron chi connectivity index (χ4n) is 3.94. The fourth-order valence-corrected chi connectivity index (χ4v) is 5.37. The molecule has 3 rings (SSSR count). The Balaban J connectivity index is 2.08. The van der Waals surface area contributed by atoms with E-state index in [1.165, 1.54) is 49.4 Å². The summed E-state index contributed by atoms with van der Waals surface area (Å²) >= 11 is 0. The third kappa shape index (κ3) is 7.84. The van der Waals surface area contributed by atoms with Crippen molar-refractivity contribution in [2.75, 3.05) is 10.8 Å². The van der Waals surface area contributed by atoms with Crippen LogP contribution in [-0.4, -0.2) is 43.8 Å². The lowest BCUT2D eigenvalue weighted by molar-refractivity contribution is -0.139. The van der Waals surface area contributed by atoms with E-state index in [9.17, 15) is 35.6 Å². The number of sulfonamides is 1. The highest BCUT2D eigenvalue weighted by atomic mass is 32.2. The topological polar surface area (TPSA) is 86.8 Å². The largest absolute Gasteiger partial charge is 0.416 e. The molecular weight excluding hydrogens is 562 g/mol. The predicted octanol–water partition coefficient (Wildman–Crippen LogP) is 5.37. The van der Waals surface area contributed by atoms with Crippen LogP contribution in [0.5, 0.6) is 0 Å². The molecule has 0 fully saturated rings. The van der Waals surface area contributed by atoms with E-state index in [0.29, 0.717) is 16.8 Å². The van der Waals surface area contributed by atoms with Gasteiger partial charge in [-0.25, -0.2) is 12.8 Å². The number of amides is 2. The molecule has 0 saturated heterocycles. The van der Waals surface area contributed by atoms with Crippen molar-refractivity contribution in [3.8, 4) is 0 Å². The lowest BCUT2D eigenvalue weighted by Gasteiger charge is -2.32. The van der Waals surface area contributed by atoms with Gasteiger partial charge in [0, 0.05) is 18.2 Å². The van der Waals surface area contributed by atoms with Crippen LogP contribution in [0.4, 0.5) is 23.2 Å². The van der Waals surface area contributed by atoms with Crippen molar-refractivity contribution < 1.29 is 35.6 Å². The summed E-state index contributed by atoms with van der Waals surface area (Å²) in [5.74, 6) is -2.12. The monoisotopic (exact) mass is 593 g/mol. The molecule has 0 heterocycles. The van der Waals surface area contributed by atoms with E-state index in [-0.39, 0.29) is 23.0 Å². The normalized spacial score (nSPS) is 13.2. The van der Waals surface area contributed by atoms with Crippen LogP contribution in [0.1, 0.15) is 38.3 Å². The van der Waals surface area contributed by atoms with Gasteiger partial charge in [-0.15, -0.1) is 0 Å². The Morgan fingerprint density at radius 2 is 1.56 bits per heavy atom. The lowest BCUT2D eigenvalue weighted by Crippen LogP contribution is -2.52. The SMILES string of the molecule is CCC(C)NC(=O)C(C)N(Cc1ccccc1F)C(=O)CN(c1cccc(C(F)(F)F)c1)S(=O)(=O)c1ccccc1. The van der Waals surface area contributed by atoms with Crippen molar-refractivity contribution in [2.45, 2.75) is 56.9 Å². The molecule has 3 aromatic rings. The van der Waals surface area contributed by atoms with Crippen molar-refractivity contribution >= 4 is 27.5 Å². The zero-order valence-electron chi connectivity index (χ0n) is 22.7. The summed E-state index contributed by atoms with van der Waals surface area (Å²) < 4.78 is 83.1.